The van der Waals surface area contributed by atoms with E-state index in [0.29, 0.717) is 48.0 Å². The number of aromatic nitrogens is 6. The van der Waals surface area contributed by atoms with Gasteiger partial charge < -0.3 is 14.0 Å². The number of aromatic amines is 1. The van der Waals surface area contributed by atoms with Crippen molar-refractivity contribution in [3.8, 4) is 23.3 Å². The molecule has 4 aromatic heterocycles. The minimum atomic E-state index is -0.626. The summed E-state index contributed by atoms with van der Waals surface area (Å²) < 4.78 is 32.5. The second-order valence-electron chi connectivity index (χ2n) is 10.7. The van der Waals surface area contributed by atoms with Gasteiger partial charge in [0.15, 0.2) is 11.5 Å². The number of halogens is 1. The van der Waals surface area contributed by atoms with Crippen LogP contribution < -0.4 is 10.5 Å². The lowest BCUT2D eigenvalue weighted by Gasteiger charge is -2.29. The number of rotatable bonds is 9. The molecule has 0 unspecified atom stereocenters. The number of nitrogens with one attached hydrogen (secondary N) is 1. The Morgan fingerprint density at radius 2 is 2.11 bits per heavy atom. The van der Waals surface area contributed by atoms with Crippen molar-refractivity contribution in [3.05, 3.63) is 93.8 Å². The van der Waals surface area contributed by atoms with Gasteiger partial charge in [0.05, 0.1) is 36.5 Å². The van der Waals surface area contributed by atoms with Crippen LogP contribution in [0.5, 0.6) is 5.88 Å². The number of hydrogen-bond donors (Lipinski definition) is 1. The van der Waals surface area contributed by atoms with Gasteiger partial charge in [0.25, 0.3) is 0 Å². The molecule has 1 atom stereocenters. The molecule has 0 aliphatic carbocycles. The molecule has 222 valence electrons. The molecule has 5 aromatic rings. The van der Waals surface area contributed by atoms with Crippen molar-refractivity contribution in [1.29, 1.82) is 5.26 Å². The molecule has 1 saturated heterocycles. The van der Waals surface area contributed by atoms with E-state index in [2.05, 4.69) is 40.2 Å². The highest BCUT2D eigenvalue weighted by atomic mass is 19.1. The Kier molecular flexibility index (Phi) is 7.43. The summed E-state index contributed by atoms with van der Waals surface area (Å²) in [5.41, 5.74) is 4.63. The Bertz CT molecular complexity index is 1970. The second kappa shape index (κ2) is 11.8. The molecule has 0 spiro atoms. The van der Waals surface area contributed by atoms with Crippen molar-refractivity contribution < 1.29 is 18.4 Å². The van der Waals surface area contributed by atoms with Gasteiger partial charge in [-0.1, -0.05) is 23.4 Å². The Morgan fingerprint density at radius 1 is 1.20 bits per heavy atom. The fraction of sp³-hybridized carbons (Fsp3) is 0.290. The smallest absolute Gasteiger partial charge is 0.439 e. The number of benzene rings is 1. The molecular formula is C31H27FN8O4. The van der Waals surface area contributed by atoms with Crippen LogP contribution in [-0.2, 0) is 24.4 Å². The van der Waals surface area contributed by atoms with Crippen molar-refractivity contribution in [1.82, 2.24) is 34.6 Å². The van der Waals surface area contributed by atoms with Gasteiger partial charge in [0, 0.05) is 43.1 Å². The Labute approximate surface area is 250 Å². The third-order valence-corrected chi connectivity index (χ3v) is 7.83. The first kappa shape index (κ1) is 27.6. The fourth-order valence-corrected chi connectivity index (χ4v) is 5.33. The molecule has 1 aromatic carbocycles. The lowest BCUT2D eigenvalue weighted by molar-refractivity contribution is -0.0592. The van der Waals surface area contributed by atoms with Crippen molar-refractivity contribution in [2.24, 2.45) is 0 Å². The molecule has 0 amide bonds. The number of fused-ring (bicyclic) bond motifs is 1. The van der Waals surface area contributed by atoms with E-state index < -0.39 is 11.6 Å². The summed E-state index contributed by atoms with van der Waals surface area (Å²) in [5.74, 6) is 0.490. The normalized spacial score (nSPS) is 16.8. The van der Waals surface area contributed by atoms with Gasteiger partial charge in [-0.25, -0.2) is 24.1 Å². The summed E-state index contributed by atoms with van der Waals surface area (Å²) in [6.45, 7) is 3.57. The average Bonchev–Trinajstić information content (AvgIpc) is 3.61. The lowest BCUT2D eigenvalue weighted by atomic mass is 10.0. The van der Waals surface area contributed by atoms with Gasteiger partial charge in [0.2, 0.25) is 5.88 Å². The molecule has 1 N–H and O–H groups in total. The minimum Gasteiger partial charge on any atom is -0.473 e. The van der Waals surface area contributed by atoms with Crippen molar-refractivity contribution >= 4 is 16.7 Å². The van der Waals surface area contributed by atoms with Gasteiger partial charge in [-0.15, -0.1) is 0 Å². The van der Waals surface area contributed by atoms with Crippen LogP contribution in [0, 0.1) is 17.1 Å². The quantitative estimate of drug-likeness (QED) is 0.267. The third kappa shape index (κ3) is 5.72. The predicted octanol–water partition coefficient (Wildman–Crippen LogP) is 3.84. The van der Waals surface area contributed by atoms with Crippen LogP contribution in [0.3, 0.4) is 0 Å². The molecule has 7 rings (SSSR count). The zero-order valence-corrected chi connectivity index (χ0v) is 23.6. The van der Waals surface area contributed by atoms with Crippen LogP contribution >= 0.6 is 0 Å². The summed E-state index contributed by atoms with van der Waals surface area (Å²) in [6, 6.07) is 13.7. The van der Waals surface area contributed by atoms with Gasteiger partial charge in [-0.2, -0.15) is 5.26 Å². The summed E-state index contributed by atoms with van der Waals surface area (Å²) in [7, 11) is 0. The first-order valence-electron chi connectivity index (χ1n) is 14.3. The maximum Gasteiger partial charge on any atom is 0.439 e. The summed E-state index contributed by atoms with van der Waals surface area (Å²) in [4.78, 5) is 30.5. The molecule has 12 nitrogen and oxygen atoms in total. The second-order valence-corrected chi connectivity index (χ2v) is 10.7. The summed E-state index contributed by atoms with van der Waals surface area (Å²) in [5, 5.41) is 12.7. The predicted molar refractivity (Wildman–Crippen MR) is 156 cm³/mol. The van der Waals surface area contributed by atoms with Crippen molar-refractivity contribution in [2.75, 3.05) is 19.7 Å². The van der Waals surface area contributed by atoms with E-state index in [1.54, 1.807) is 24.4 Å². The van der Waals surface area contributed by atoms with E-state index in [9.17, 15) is 9.18 Å². The van der Waals surface area contributed by atoms with E-state index in [0.717, 1.165) is 48.7 Å². The average molecular weight is 595 g/mol. The van der Waals surface area contributed by atoms with E-state index in [-0.39, 0.29) is 18.3 Å². The molecule has 13 heteroatoms. The SMILES string of the molecule is N#Cc1ccc(COc2cccc(C3=CCN(Cc4nc5cc(-c6noc(=O)[nH]6)cnc5n4C[C@@H]4CCO4)CC3)n2)c(F)c1. The van der Waals surface area contributed by atoms with Gasteiger partial charge in [-0.3, -0.25) is 14.4 Å². The first-order chi connectivity index (χ1) is 21.5. The highest BCUT2D eigenvalue weighted by Gasteiger charge is 2.24. The molecular weight excluding hydrogens is 567 g/mol. The number of nitriles is 1. The largest absolute Gasteiger partial charge is 0.473 e. The van der Waals surface area contributed by atoms with E-state index >= 15 is 0 Å². The van der Waals surface area contributed by atoms with Gasteiger partial charge in [0.1, 0.15) is 23.8 Å². The molecule has 0 radical (unpaired) electrons. The number of hydrogen-bond acceptors (Lipinski definition) is 10. The highest BCUT2D eigenvalue weighted by Crippen LogP contribution is 2.27. The van der Waals surface area contributed by atoms with E-state index in [4.69, 9.17) is 19.7 Å². The standard InChI is InChI=1S/C31H27FN8O4/c32-24-12-19(14-33)4-5-21(24)18-43-28-3-1-2-25(36-28)20-6-9-39(10-7-20)17-27-35-26-13-22(29-37-31(41)44-38-29)15-34-30(26)40(27)16-23-8-11-42-23/h1-6,12-13,15,23H,7-11,16-18H2,(H,37,38,41)/t23-/m0/s1. The summed E-state index contributed by atoms with van der Waals surface area (Å²) >= 11 is 0. The van der Waals surface area contributed by atoms with Crippen LogP contribution in [-0.4, -0.2) is 60.4 Å². The van der Waals surface area contributed by atoms with Crippen LogP contribution in [0.15, 0.2) is 64.1 Å². The molecule has 2 aliphatic rings. The number of imidazole rings is 1. The molecule has 6 heterocycles. The first-order valence-corrected chi connectivity index (χ1v) is 14.3. The third-order valence-electron chi connectivity index (χ3n) is 7.83. The van der Waals surface area contributed by atoms with Crippen molar-refractivity contribution in [2.45, 2.75) is 38.6 Å². The Morgan fingerprint density at radius 3 is 2.84 bits per heavy atom. The maximum absolute atomic E-state index is 14.3. The number of H-pyrrole nitrogens is 1. The van der Waals surface area contributed by atoms with Crippen LogP contribution in [0.4, 0.5) is 4.39 Å². The lowest BCUT2D eigenvalue weighted by Crippen LogP contribution is -2.33. The molecule has 0 saturated carbocycles. The number of ether oxygens (including phenoxy) is 2. The molecule has 2 aliphatic heterocycles. The molecule has 44 heavy (non-hydrogen) atoms. The minimum absolute atomic E-state index is 0.0145. The molecule has 0 bridgehead atoms. The highest BCUT2D eigenvalue weighted by molar-refractivity contribution is 5.77. The molecule has 1 fully saturated rings. The number of pyridine rings is 2. The van der Waals surface area contributed by atoms with Crippen LogP contribution in [0.2, 0.25) is 0 Å². The monoisotopic (exact) mass is 594 g/mol. The van der Waals surface area contributed by atoms with Gasteiger partial charge >= 0.3 is 5.76 Å². The van der Waals surface area contributed by atoms with E-state index in [1.807, 2.05) is 24.3 Å². The van der Waals surface area contributed by atoms with Crippen LogP contribution in [0.25, 0.3) is 28.1 Å². The van der Waals surface area contributed by atoms with Gasteiger partial charge in [-0.05, 0) is 42.7 Å². The maximum atomic E-state index is 14.3. The zero-order chi connectivity index (χ0) is 30.0. The van der Waals surface area contributed by atoms with E-state index in [1.165, 1.54) is 6.07 Å². The zero-order valence-electron chi connectivity index (χ0n) is 23.6. The number of nitrogens with zero attached hydrogens (tertiary/aromatic N) is 7. The van der Waals surface area contributed by atoms with Crippen molar-refractivity contribution in [3.63, 3.8) is 0 Å². The fourth-order valence-electron chi connectivity index (χ4n) is 5.33. The topological polar surface area (TPSA) is 148 Å². The van der Waals surface area contributed by atoms with Crippen LogP contribution in [0.1, 0.15) is 35.5 Å². The Balaban J connectivity index is 1.05. The summed E-state index contributed by atoms with van der Waals surface area (Å²) in [6.07, 6.45) is 5.72. The Hall–Kier alpha value is -5.19.